The molecule has 0 spiro atoms. The Kier molecular flexibility index (Phi) is 4.97. The molecule has 1 heterocycles. The summed E-state index contributed by atoms with van der Waals surface area (Å²) in [6, 6.07) is -0.537. The molecule has 1 fully saturated rings. The Morgan fingerprint density at radius 1 is 1.38 bits per heavy atom. The van der Waals surface area contributed by atoms with Gasteiger partial charge in [-0.25, -0.2) is 4.79 Å². The quantitative estimate of drug-likeness (QED) is 0.736. The Balaban J connectivity index is 2.96. The number of ether oxygens (including phenoxy) is 2. The summed E-state index contributed by atoms with van der Waals surface area (Å²) in [4.78, 5) is 13.8. The second kappa shape index (κ2) is 5.73. The molecule has 1 rings (SSSR count). The predicted molar refractivity (Wildman–Crippen MR) is 77.3 cm³/mol. The van der Waals surface area contributed by atoms with Crippen molar-refractivity contribution in [2.24, 2.45) is 0 Å². The van der Waals surface area contributed by atoms with Gasteiger partial charge in [-0.2, -0.15) is 8.42 Å². The molecule has 1 aliphatic heterocycles. The Bertz CT molecular complexity index is 493. The van der Waals surface area contributed by atoms with E-state index in [0.29, 0.717) is 0 Å². The molecule has 8 heteroatoms. The zero-order chi connectivity index (χ0) is 16.6. The summed E-state index contributed by atoms with van der Waals surface area (Å²) in [5.74, 6) is 0. The van der Waals surface area contributed by atoms with Gasteiger partial charge in [-0.15, -0.1) is 0 Å². The molecule has 0 aromatic heterocycles. The molecule has 0 aliphatic carbocycles. The smallest absolute Gasteiger partial charge is 0.412 e. The van der Waals surface area contributed by atoms with Crippen LogP contribution in [0.5, 0.6) is 0 Å². The van der Waals surface area contributed by atoms with Gasteiger partial charge in [0.25, 0.3) is 10.1 Å². The van der Waals surface area contributed by atoms with Crippen molar-refractivity contribution in [3.05, 3.63) is 0 Å². The van der Waals surface area contributed by atoms with Gasteiger partial charge in [0.1, 0.15) is 11.3 Å². The van der Waals surface area contributed by atoms with Crippen LogP contribution in [-0.2, 0) is 23.8 Å². The lowest BCUT2D eigenvalue weighted by Crippen LogP contribution is -2.53. The molecule has 7 nitrogen and oxygen atoms in total. The second-order valence-electron chi connectivity index (χ2n) is 6.68. The number of hydrogen-bond donors (Lipinski definition) is 0. The van der Waals surface area contributed by atoms with Gasteiger partial charge < -0.3 is 9.47 Å². The summed E-state index contributed by atoms with van der Waals surface area (Å²) in [5, 5.41) is 0. The van der Waals surface area contributed by atoms with Crippen LogP contribution in [0.25, 0.3) is 0 Å². The van der Waals surface area contributed by atoms with E-state index in [1.54, 1.807) is 41.5 Å². The first-order valence-corrected chi connectivity index (χ1v) is 8.59. The fourth-order valence-corrected chi connectivity index (χ4v) is 2.86. The minimum Gasteiger partial charge on any atom is -0.444 e. The second-order valence-corrected chi connectivity index (χ2v) is 8.28. The van der Waals surface area contributed by atoms with E-state index in [9.17, 15) is 13.2 Å². The highest BCUT2D eigenvalue weighted by atomic mass is 32.2. The highest BCUT2D eigenvalue weighted by Crippen LogP contribution is 2.31. The van der Waals surface area contributed by atoms with E-state index in [0.717, 1.165) is 6.26 Å². The van der Waals surface area contributed by atoms with Gasteiger partial charge in [0.05, 0.1) is 25.0 Å². The number of rotatable bonds is 3. The Morgan fingerprint density at radius 2 is 1.90 bits per heavy atom. The normalized spacial score (nSPS) is 24.0. The molecule has 0 saturated carbocycles. The van der Waals surface area contributed by atoms with Crippen LogP contribution in [0.15, 0.2) is 0 Å². The van der Waals surface area contributed by atoms with Gasteiger partial charge in [0, 0.05) is 0 Å². The molecule has 1 amide bonds. The van der Waals surface area contributed by atoms with E-state index >= 15 is 0 Å². The maximum absolute atomic E-state index is 12.4. The third-order valence-electron chi connectivity index (χ3n) is 2.98. The molecule has 2 atom stereocenters. The van der Waals surface area contributed by atoms with Crippen LogP contribution < -0.4 is 0 Å². The Labute approximate surface area is 126 Å². The Hall–Kier alpha value is -0.860. The minimum atomic E-state index is -3.62. The maximum atomic E-state index is 12.4. The van der Waals surface area contributed by atoms with Crippen molar-refractivity contribution in [3.63, 3.8) is 0 Å². The minimum absolute atomic E-state index is 0.183. The third kappa shape index (κ3) is 5.12. The van der Waals surface area contributed by atoms with E-state index < -0.39 is 39.7 Å². The van der Waals surface area contributed by atoms with E-state index in [1.807, 2.05) is 0 Å². The van der Waals surface area contributed by atoms with Crippen molar-refractivity contribution < 1.29 is 26.9 Å². The molecule has 0 unspecified atom stereocenters. The van der Waals surface area contributed by atoms with Gasteiger partial charge in [-0.05, 0) is 41.5 Å². The largest absolute Gasteiger partial charge is 0.444 e. The highest BCUT2D eigenvalue weighted by Gasteiger charge is 2.48. The number of carbonyl (C=O) groups excluding carboxylic acids is 1. The van der Waals surface area contributed by atoms with Crippen LogP contribution in [0.1, 0.15) is 41.5 Å². The van der Waals surface area contributed by atoms with Crippen LogP contribution in [0.3, 0.4) is 0 Å². The van der Waals surface area contributed by atoms with Crippen LogP contribution >= 0.6 is 0 Å². The van der Waals surface area contributed by atoms with Gasteiger partial charge in [0.15, 0.2) is 0 Å². The average Bonchev–Trinajstić information content (AvgIpc) is 2.48. The fraction of sp³-hybridized carbons (Fsp3) is 0.923. The van der Waals surface area contributed by atoms with Gasteiger partial charge >= 0.3 is 6.09 Å². The highest BCUT2D eigenvalue weighted by molar-refractivity contribution is 7.86. The topological polar surface area (TPSA) is 82.1 Å². The molecule has 0 bridgehead atoms. The molecule has 0 aromatic carbocycles. The van der Waals surface area contributed by atoms with E-state index in [2.05, 4.69) is 0 Å². The van der Waals surface area contributed by atoms with Crippen LogP contribution in [0.4, 0.5) is 4.79 Å². The molecule has 124 valence electrons. The number of amides is 1. The maximum Gasteiger partial charge on any atom is 0.412 e. The monoisotopic (exact) mass is 323 g/mol. The third-order valence-corrected chi connectivity index (χ3v) is 3.63. The summed E-state index contributed by atoms with van der Waals surface area (Å²) in [6.07, 6.45) is -0.310. The van der Waals surface area contributed by atoms with Gasteiger partial charge in [0.2, 0.25) is 0 Å². The van der Waals surface area contributed by atoms with Crippen molar-refractivity contribution in [1.82, 2.24) is 4.90 Å². The summed E-state index contributed by atoms with van der Waals surface area (Å²) in [6.45, 7) is 10.5. The number of nitrogens with zero attached hydrogens (tertiary/aromatic N) is 1. The first-order valence-electron chi connectivity index (χ1n) is 6.77. The predicted octanol–water partition coefficient (Wildman–Crippen LogP) is 1.72. The number of carbonyl (C=O) groups is 1. The first-order chi connectivity index (χ1) is 9.23. The average molecular weight is 323 g/mol. The van der Waals surface area contributed by atoms with E-state index in [1.165, 1.54) is 4.90 Å². The van der Waals surface area contributed by atoms with Crippen molar-refractivity contribution >= 4 is 16.2 Å². The molecule has 1 aliphatic rings. The van der Waals surface area contributed by atoms with Crippen LogP contribution in [0, 0.1) is 0 Å². The molecule has 0 N–H and O–H groups in total. The van der Waals surface area contributed by atoms with E-state index in [4.69, 9.17) is 13.7 Å². The van der Waals surface area contributed by atoms with Gasteiger partial charge in [-0.1, -0.05) is 0 Å². The summed E-state index contributed by atoms with van der Waals surface area (Å²) < 4.78 is 38.5. The summed E-state index contributed by atoms with van der Waals surface area (Å²) in [7, 11) is -3.62. The zero-order valence-corrected chi connectivity index (χ0v) is 14.5. The van der Waals surface area contributed by atoms with Crippen LogP contribution in [-0.4, -0.2) is 55.7 Å². The molecular formula is C13H25NO6S. The molecule has 0 radical (unpaired) electrons. The molecule has 0 aromatic rings. The standard InChI is InChI=1S/C13H25NO6S/c1-9(20-21(7,16)17)10-8-18-13(5,6)14(10)11(15)19-12(2,3)4/h9-10H,8H2,1-7H3/t9-,10+/m1/s1. The fourth-order valence-electron chi connectivity index (χ4n) is 2.18. The summed E-state index contributed by atoms with van der Waals surface area (Å²) in [5.41, 5.74) is -1.54. The van der Waals surface area contributed by atoms with Crippen molar-refractivity contribution in [1.29, 1.82) is 0 Å². The number of hydrogen-bond acceptors (Lipinski definition) is 6. The van der Waals surface area contributed by atoms with Crippen molar-refractivity contribution in [2.45, 2.75) is 65.0 Å². The van der Waals surface area contributed by atoms with E-state index in [-0.39, 0.29) is 6.61 Å². The van der Waals surface area contributed by atoms with Crippen LogP contribution in [0.2, 0.25) is 0 Å². The SMILES string of the molecule is C[C@@H](OS(C)(=O)=O)[C@@H]1COC(C)(C)N1C(=O)OC(C)(C)C. The molecule has 1 saturated heterocycles. The van der Waals surface area contributed by atoms with Crippen molar-refractivity contribution in [3.8, 4) is 0 Å². The lowest BCUT2D eigenvalue weighted by Gasteiger charge is -2.36. The van der Waals surface area contributed by atoms with Crippen molar-refractivity contribution in [2.75, 3.05) is 12.9 Å². The lowest BCUT2D eigenvalue weighted by atomic mass is 10.1. The van der Waals surface area contributed by atoms with Gasteiger partial charge in [-0.3, -0.25) is 9.08 Å². The zero-order valence-electron chi connectivity index (χ0n) is 13.7. The Morgan fingerprint density at radius 3 is 2.33 bits per heavy atom. The molecule has 21 heavy (non-hydrogen) atoms. The first kappa shape index (κ1) is 18.2. The summed E-state index contributed by atoms with van der Waals surface area (Å²) >= 11 is 0. The lowest BCUT2D eigenvalue weighted by molar-refractivity contribution is -0.0660. The molecular weight excluding hydrogens is 298 g/mol.